The Kier molecular flexibility index (Phi) is 3.39. The van der Waals surface area contributed by atoms with Crippen molar-refractivity contribution in [2.45, 2.75) is 25.3 Å². The number of hydrogen-bond donors (Lipinski definition) is 1. The number of ether oxygens (including phenoxy) is 1. The van der Waals surface area contributed by atoms with Gasteiger partial charge in [0, 0.05) is 17.7 Å². The molecule has 1 heterocycles. The molecule has 1 aliphatic rings. The van der Waals surface area contributed by atoms with Gasteiger partial charge >= 0.3 is 0 Å². The first-order chi connectivity index (χ1) is 7.72. The standard InChI is InChI=1S/C12H15F2NO/c1-16-12-9(6-8(13)7-10(12)14)11-4-2-3-5-15-11/h6-7,11,15H,2-5H2,1H3. The van der Waals surface area contributed by atoms with Crippen LogP contribution in [0.25, 0.3) is 0 Å². The molecular formula is C12H15F2NO. The molecule has 0 amide bonds. The van der Waals surface area contributed by atoms with E-state index >= 15 is 0 Å². The average Bonchev–Trinajstić information content (AvgIpc) is 2.29. The lowest BCUT2D eigenvalue weighted by molar-refractivity contribution is 0.353. The van der Waals surface area contributed by atoms with Crippen LogP contribution >= 0.6 is 0 Å². The minimum atomic E-state index is -0.634. The predicted molar refractivity (Wildman–Crippen MR) is 57.5 cm³/mol. The molecule has 0 spiro atoms. The lowest BCUT2D eigenvalue weighted by Gasteiger charge is -2.25. The summed E-state index contributed by atoms with van der Waals surface area (Å²) in [5.74, 6) is -1.04. The number of methoxy groups -OCH3 is 1. The van der Waals surface area contributed by atoms with Crippen LogP contribution in [0.1, 0.15) is 30.9 Å². The molecule has 2 nitrogen and oxygen atoms in total. The van der Waals surface area contributed by atoms with Gasteiger partial charge in [-0.15, -0.1) is 0 Å². The van der Waals surface area contributed by atoms with Crippen LogP contribution in [0.5, 0.6) is 5.75 Å². The van der Waals surface area contributed by atoms with Crippen LogP contribution in [0.15, 0.2) is 12.1 Å². The molecule has 4 heteroatoms. The van der Waals surface area contributed by atoms with Gasteiger partial charge in [-0.2, -0.15) is 0 Å². The Bertz CT molecular complexity index is 376. The maximum Gasteiger partial charge on any atom is 0.168 e. The summed E-state index contributed by atoms with van der Waals surface area (Å²) < 4.78 is 31.7. The second kappa shape index (κ2) is 4.78. The summed E-state index contributed by atoms with van der Waals surface area (Å²) in [4.78, 5) is 0. The molecule has 1 fully saturated rings. The lowest BCUT2D eigenvalue weighted by Crippen LogP contribution is -2.27. The first-order valence-electron chi connectivity index (χ1n) is 5.48. The van der Waals surface area contributed by atoms with Crippen molar-refractivity contribution in [2.24, 2.45) is 0 Å². The predicted octanol–water partition coefficient (Wildman–Crippen LogP) is 2.79. The maximum absolute atomic E-state index is 13.5. The second-order valence-corrected chi connectivity index (χ2v) is 4.01. The molecule has 1 aromatic carbocycles. The summed E-state index contributed by atoms with van der Waals surface area (Å²) in [6.45, 7) is 0.881. The van der Waals surface area contributed by atoms with E-state index in [1.54, 1.807) is 0 Å². The van der Waals surface area contributed by atoms with Crippen molar-refractivity contribution >= 4 is 0 Å². The zero-order valence-electron chi connectivity index (χ0n) is 9.22. The number of halogens is 2. The fourth-order valence-corrected chi connectivity index (χ4v) is 2.17. The number of rotatable bonds is 2. The van der Waals surface area contributed by atoms with E-state index in [4.69, 9.17) is 4.74 Å². The molecule has 16 heavy (non-hydrogen) atoms. The molecule has 0 aromatic heterocycles. The van der Waals surface area contributed by atoms with E-state index in [0.29, 0.717) is 5.56 Å². The van der Waals surface area contributed by atoms with Crippen LogP contribution in [0, 0.1) is 11.6 Å². The summed E-state index contributed by atoms with van der Waals surface area (Å²) in [6, 6.07) is 2.20. The van der Waals surface area contributed by atoms with Crippen LogP contribution in [0.3, 0.4) is 0 Å². The van der Waals surface area contributed by atoms with Crippen molar-refractivity contribution in [3.63, 3.8) is 0 Å². The quantitative estimate of drug-likeness (QED) is 0.838. The highest BCUT2D eigenvalue weighted by molar-refractivity contribution is 5.38. The number of hydrogen-bond acceptors (Lipinski definition) is 2. The first-order valence-corrected chi connectivity index (χ1v) is 5.48. The van der Waals surface area contributed by atoms with E-state index in [2.05, 4.69) is 5.32 Å². The Balaban J connectivity index is 2.36. The molecule has 88 valence electrons. The molecule has 1 unspecified atom stereocenters. The van der Waals surface area contributed by atoms with E-state index in [1.165, 1.54) is 13.2 Å². The van der Waals surface area contributed by atoms with Gasteiger partial charge in [-0.05, 0) is 25.5 Å². The fraction of sp³-hybridized carbons (Fsp3) is 0.500. The molecule has 0 aliphatic carbocycles. The van der Waals surface area contributed by atoms with E-state index in [0.717, 1.165) is 31.9 Å². The van der Waals surface area contributed by atoms with Crippen LogP contribution < -0.4 is 10.1 Å². The molecule has 2 rings (SSSR count). The monoisotopic (exact) mass is 227 g/mol. The van der Waals surface area contributed by atoms with Gasteiger partial charge in [0.15, 0.2) is 11.6 Å². The Morgan fingerprint density at radius 2 is 2.12 bits per heavy atom. The third-order valence-corrected chi connectivity index (χ3v) is 2.93. The van der Waals surface area contributed by atoms with Crippen molar-refractivity contribution in [3.8, 4) is 5.75 Å². The van der Waals surface area contributed by atoms with Gasteiger partial charge < -0.3 is 10.1 Å². The number of nitrogens with one attached hydrogen (secondary N) is 1. The molecule has 0 saturated carbocycles. The van der Waals surface area contributed by atoms with Gasteiger partial charge in [-0.25, -0.2) is 8.78 Å². The maximum atomic E-state index is 13.5. The van der Waals surface area contributed by atoms with E-state index in [9.17, 15) is 8.78 Å². The third kappa shape index (κ3) is 2.16. The van der Waals surface area contributed by atoms with E-state index < -0.39 is 11.6 Å². The smallest absolute Gasteiger partial charge is 0.168 e. The highest BCUT2D eigenvalue weighted by Gasteiger charge is 2.21. The van der Waals surface area contributed by atoms with Crippen LogP contribution in [-0.2, 0) is 0 Å². The van der Waals surface area contributed by atoms with Crippen LogP contribution in [0.2, 0.25) is 0 Å². The largest absolute Gasteiger partial charge is 0.493 e. The van der Waals surface area contributed by atoms with Gasteiger partial charge in [0.1, 0.15) is 5.82 Å². The summed E-state index contributed by atoms with van der Waals surface area (Å²) in [5.41, 5.74) is 0.583. The third-order valence-electron chi connectivity index (χ3n) is 2.93. The molecule has 1 N–H and O–H groups in total. The summed E-state index contributed by atoms with van der Waals surface area (Å²) >= 11 is 0. The van der Waals surface area contributed by atoms with Gasteiger partial charge in [-0.1, -0.05) is 6.42 Å². The lowest BCUT2D eigenvalue weighted by atomic mass is 9.96. The summed E-state index contributed by atoms with van der Waals surface area (Å²) in [6.07, 6.45) is 3.06. The minimum Gasteiger partial charge on any atom is -0.493 e. The highest BCUT2D eigenvalue weighted by Crippen LogP contribution is 2.33. The van der Waals surface area contributed by atoms with Crippen molar-refractivity contribution in [1.29, 1.82) is 0 Å². The summed E-state index contributed by atoms with van der Waals surface area (Å²) in [5, 5.41) is 3.25. The topological polar surface area (TPSA) is 21.3 Å². The second-order valence-electron chi connectivity index (χ2n) is 4.01. The van der Waals surface area contributed by atoms with Crippen LogP contribution in [-0.4, -0.2) is 13.7 Å². The number of piperidine rings is 1. The zero-order chi connectivity index (χ0) is 11.5. The highest BCUT2D eigenvalue weighted by atomic mass is 19.1. The first kappa shape index (κ1) is 11.3. The average molecular weight is 227 g/mol. The Labute approximate surface area is 93.6 Å². The normalized spacial score (nSPS) is 20.8. The molecular weight excluding hydrogens is 212 g/mol. The fourth-order valence-electron chi connectivity index (χ4n) is 2.17. The van der Waals surface area contributed by atoms with E-state index in [1.807, 2.05) is 0 Å². The summed E-state index contributed by atoms with van der Waals surface area (Å²) in [7, 11) is 1.41. The Morgan fingerprint density at radius 3 is 2.75 bits per heavy atom. The Hall–Kier alpha value is -1.16. The molecule has 1 aromatic rings. The van der Waals surface area contributed by atoms with Gasteiger partial charge in [0.25, 0.3) is 0 Å². The molecule has 0 radical (unpaired) electrons. The molecule has 1 saturated heterocycles. The van der Waals surface area contributed by atoms with Gasteiger partial charge in [0.2, 0.25) is 0 Å². The number of benzene rings is 1. The molecule has 1 atom stereocenters. The molecule has 0 bridgehead atoms. The molecule has 1 aliphatic heterocycles. The van der Waals surface area contributed by atoms with Crippen molar-refractivity contribution in [2.75, 3.05) is 13.7 Å². The van der Waals surface area contributed by atoms with Crippen molar-refractivity contribution in [3.05, 3.63) is 29.3 Å². The van der Waals surface area contributed by atoms with E-state index in [-0.39, 0.29) is 11.8 Å². The van der Waals surface area contributed by atoms with Crippen molar-refractivity contribution < 1.29 is 13.5 Å². The zero-order valence-corrected chi connectivity index (χ0v) is 9.22. The van der Waals surface area contributed by atoms with Crippen molar-refractivity contribution in [1.82, 2.24) is 5.32 Å². The van der Waals surface area contributed by atoms with Crippen LogP contribution in [0.4, 0.5) is 8.78 Å². The SMILES string of the molecule is COc1c(F)cc(F)cc1C1CCCCN1. The Morgan fingerprint density at radius 1 is 1.31 bits per heavy atom. The van der Waals surface area contributed by atoms with Gasteiger partial charge in [0.05, 0.1) is 7.11 Å². The minimum absolute atomic E-state index is 0.00565. The van der Waals surface area contributed by atoms with Gasteiger partial charge in [-0.3, -0.25) is 0 Å².